The third-order valence-electron chi connectivity index (χ3n) is 4.64. The third kappa shape index (κ3) is 4.66. The summed E-state index contributed by atoms with van der Waals surface area (Å²) in [5.74, 6) is 0.184. The Morgan fingerprint density at radius 3 is 2.17 bits per heavy atom. The van der Waals surface area contributed by atoms with Gasteiger partial charge in [-0.15, -0.1) is 0 Å². The number of hydrogen-bond acceptors (Lipinski definition) is 5. The predicted octanol–water partition coefficient (Wildman–Crippen LogP) is 3.67. The van der Waals surface area contributed by atoms with E-state index in [0.717, 1.165) is 16.3 Å². The molecule has 0 N–H and O–H groups in total. The highest BCUT2D eigenvalue weighted by atomic mass is 16.5. The first-order valence-corrected chi connectivity index (χ1v) is 9.13. The molecular formula is C23H23NO5. The highest BCUT2D eigenvalue weighted by molar-refractivity contribution is 5.99. The molecule has 0 atom stereocenters. The summed E-state index contributed by atoms with van der Waals surface area (Å²) in [7, 11) is 4.73. The van der Waals surface area contributed by atoms with E-state index in [1.165, 1.54) is 12.0 Å². The Morgan fingerprint density at radius 1 is 0.862 bits per heavy atom. The van der Waals surface area contributed by atoms with Gasteiger partial charge in [0.05, 0.1) is 14.2 Å². The second-order valence-corrected chi connectivity index (χ2v) is 6.54. The highest BCUT2D eigenvalue weighted by Gasteiger charge is 2.18. The van der Waals surface area contributed by atoms with Gasteiger partial charge < -0.3 is 19.1 Å². The highest BCUT2D eigenvalue weighted by Crippen LogP contribution is 2.26. The fraction of sp³-hybridized carbons (Fsp3) is 0.217. The zero-order chi connectivity index (χ0) is 20.8. The summed E-state index contributed by atoms with van der Waals surface area (Å²) in [6.45, 7) is -0.0137. The van der Waals surface area contributed by atoms with Crippen LogP contribution in [-0.4, -0.2) is 44.7 Å². The van der Waals surface area contributed by atoms with Crippen molar-refractivity contribution in [3.8, 4) is 11.5 Å². The number of rotatable bonds is 7. The molecular weight excluding hydrogens is 370 g/mol. The monoisotopic (exact) mass is 393 g/mol. The molecule has 0 bridgehead atoms. The van der Waals surface area contributed by atoms with Crippen molar-refractivity contribution in [1.82, 2.24) is 4.90 Å². The molecule has 3 rings (SSSR count). The van der Waals surface area contributed by atoms with Crippen LogP contribution in [0.4, 0.5) is 0 Å². The maximum absolute atomic E-state index is 12.6. The Hall–Kier alpha value is -3.54. The van der Waals surface area contributed by atoms with E-state index in [1.807, 2.05) is 48.5 Å². The van der Waals surface area contributed by atoms with Crippen LogP contribution in [0.15, 0.2) is 60.7 Å². The number of para-hydroxylation sites is 1. The second kappa shape index (κ2) is 9.10. The van der Waals surface area contributed by atoms with Crippen molar-refractivity contribution in [1.29, 1.82) is 0 Å². The standard InChI is InChI=1S/C23H23NO5/c1-24(14-18-10-6-7-11-20(18)27-2)22(25)15-29-23(26)19-12-16-8-4-5-9-17(16)13-21(19)28-3/h4-13H,14-15H2,1-3H3. The van der Waals surface area contributed by atoms with E-state index in [-0.39, 0.29) is 18.1 Å². The minimum absolute atomic E-state index is 0.284. The van der Waals surface area contributed by atoms with E-state index < -0.39 is 5.97 Å². The molecule has 6 heteroatoms. The van der Waals surface area contributed by atoms with E-state index in [9.17, 15) is 9.59 Å². The topological polar surface area (TPSA) is 65.1 Å². The fourth-order valence-electron chi connectivity index (χ4n) is 3.04. The third-order valence-corrected chi connectivity index (χ3v) is 4.64. The van der Waals surface area contributed by atoms with Crippen LogP contribution < -0.4 is 9.47 Å². The van der Waals surface area contributed by atoms with Crippen molar-refractivity contribution in [2.75, 3.05) is 27.9 Å². The minimum Gasteiger partial charge on any atom is -0.496 e. The van der Waals surface area contributed by atoms with E-state index in [4.69, 9.17) is 14.2 Å². The Morgan fingerprint density at radius 2 is 1.48 bits per heavy atom. The number of carbonyl (C=O) groups is 2. The lowest BCUT2D eigenvalue weighted by Crippen LogP contribution is -2.31. The van der Waals surface area contributed by atoms with Crippen molar-refractivity contribution in [3.63, 3.8) is 0 Å². The van der Waals surface area contributed by atoms with Gasteiger partial charge in [-0.2, -0.15) is 0 Å². The average Bonchev–Trinajstić information content (AvgIpc) is 2.76. The van der Waals surface area contributed by atoms with Gasteiger partial charge in [-0.25, -0.2) is 4.79 Å². The Balaban J connectivity index is 1.67. The largest absolute Gasteiger partial charge is 0.496 e. The molecule has 1 amide bonds. The number of likely N-dealkylation sites (N-methyl/N-ethyl adjacent to an activating group) is 1. The molecule has 0 spiro atoms. The van der Waals surface area contributed by atoms with E-state index >= 15 is 0 Å². The van der Waals surface area contributed by atoms with Crippen LogP contribution in [0.1, 0.15) is 15.9 Å². The molecule has 0 unspecified atom stereocenters. The normalized spacial score (nSPS) is 10.4. The molecule has 0 aliphatic heterocycles. The molecule has 3 aromatic carbocycles. The summed E-state index contributed by atoms with van der Waals surface area (Å²) in [5, 5.41) is 1.84. The summed E-state index contributed by atoms with van der Waals surface area (Å²) in [6.07, 6.45) is 0. The number of fused-ring (bicyclic) bond motifs is 1. The molecule has 150 valence electrons. The maximum atomic E-state index is 12.6. The lowest BCUT2D eigenvalue weighted by Gasteiger charge is -2.19. The van der Waals surface area contributed by atoms with Gasteiger partial charge in [0.2, 0.25) is 0 Å². The van der Waals surface area contributed by atoms with Crippen molar-refractivity contribution in [3.05, 3.63) is 71.8 Å². The summed E-state index contributed by atoms with van der Waals surface area (Å²) in [6, 6.07) is 18.6. The van der Waals surface area contributed by atoms with Crippen LogP contribution in [0, 0.1) is 0 Å². The number of benzene rings is 3. The summed E-state index contributed by atoms with van der Waals surface area (Å²) >= 11 is 0. The molecule has 0 aliphatic rings. The predicted molar refractivity (Wildman–Crippen MR) is 110 cm³/mol. The average molecular weight is 393 g/mol. The Bertz CT molecular complexity index is 1030. The van der Waals surface area contributed by atoms with Crippen molar-refractivity contribution < 1.29 is 23.8 Å². The quantitative estimate of drug-likeness (QED) is 0.573. The van der Waals surface area contributed by atoms with E-state index in [0.29, 0.717) is 18.0 Å². The minimum atomic E-state index is -0.605. The first kappa shape index (κ1) is 20.2. The van der Waals surface area contributed by atoms with E-state index in [1.54, 1.807) is 26.3 Å². The zero-order valence-electron chi connectivity index (χ0n) is 16.7. The maximum Gasteiger partial charge on any atom is 0.342 e. The van der Waals surface area contributed by atoms with Crippen molar-refractivity contribution in [2.24, 2.45) is 0 Å². The number of methoxy groups -OCH3 is 2. The first-order valence-electron chi connectivity index (χ1n) is 9.13. The SMILES string of the molecule is COc1ccccc1CN(C)C(=O)COC(=O)c1cc2ccccc2cc1OC. The smallest absolute Gasteiger partial charge is 0.342 e. The summed E-state index contributed by atoms with van der Waals surface area (Å²) in [4.78, 5) is 26.5. The molecule has 0 aliphatic carbocycles. The molecule has 3 aromatic rings. The van der Waals surface area contributed by atoms with Crippen molar-refractivity contribution >= 4 is 22.6 Å². The number of carbonyl (C=O) groups excluding carboxylic acids is 2. The van der Waals surface area contributed by atoms with Gasteiger partial charge in [-0.1, -0.05) is 42.5 Å². The van der Waals surface area contributed by atoms with E-state index in [2.05, 4.69) is 0 Å². The Kier molecular flexibility index (Phi) is 6.34. The fourth-order valence-corrected chi connectivity index (χ4v) is 3.04. The number of ether oxygens (including phenoxy) is 3. The van der Waals surface area contributed by atoms with Crippen LogP contribution in [0.25, 0.3) is 10.8 Å². The van der Waals surface area contributed by atoms with Gasteiger partial charge in [0.25, 0.3) is 5.91 Å². The molecule has 0 heterocycles. The number of hydrogen-bond donors (Lipinski definition) is 0. The van der Waals surface area contributed by atoms with Crippen molar-refractivity contribution in [2.45, 2.75) is 6.54 Å². The number of esters is 1. The number of nitrogens with zero attached hydrogens (tertiary/aromatic N) is 1. The van der Waals surface area contributed by atoms with Crippen LogP contribution >= 0.6 is 0 Å². The Labute approximate surface area is 169 Å². The zero-order valence-corrected chi connectivity index (χ0v) is 16.7. The molecule has 0 fully saturated rings. The second-order valence-electron chi connectivity index (χ2n) is 6.54. The lowest BCUT2D eigenvalue weighted by atomic mass is 10.1. The van der Waals surface area contributed by atoms with Crippen LogP contribution in [0.3, 0.4) is 0 Å². The molecule has 29 heavy (non-hydrogen) atoms. The van der Waals surface area contributed by atoms with Gasteiger partial charge in [-0.05, 0) is 29.0 Å². The molecule has 0 aromatic heterocycles. The van der Waals surface area contributed by atoms with Gasteiger partial charge in [-0.3, -0.25) is 4.79 Å². The van der Waals surface area contributed by atoms with Crippen LogP contribution in [0.5, 0.6) is 11.5 Å². The first-order chi connectivity index (χ1) is 14.0. The van der Waals surface area contributed by atoms with Gasteiger partial charge in [0.1, 0.15) is 17.1 Å². The van der Waals surface area contributed by atoms with Gasteiger partial charge >= 0.3 is 5.97 Å². The molecule has 0 radical (unpaired) electrons. The van der Waals surface area contributed by atoms with Crippen LogP contribution in [0.2, 0.25) is 0 Å². The van der Waals surface area contributed by atoms with Crippen LogP contribution in [-0.2, 0) is 16.1 Å². The van der Waals surface area contributed by atoms with Gasteiger partial charge in [0, 0.05) is 19.2 Å². The lowest BCUT2D eigenvalue weighted by molar-refractivity contribution is -0.133. The number of amides is 1. The van der Waals surface area contributed by atoms with Gasteiger partial charge in [0.15, 0.2) is 6.61 Å². The molecule has 0 saturated heterocycles. The molecule has 6 nitrogen and oxygen atoms in total. The summed E-state index contributed by atoms with van der Waals surface area (Å²) < 4.78 is 15.9. The molecule has 0 saturated carbocycles. The summed E-state index contributed by atoms with van der Waals surface area (Å²) in [5.41, 5.74) is 1.15.